The highest BCUT2D eigenvalue weighted by Crippen LogP contribution is 2.28. The molecule has 2 aromatic carbocycles. The van der Waals surface area contributed by atoms with Crippen LogP contribution < -0.4 is 5.32 Å². The number of piperazine rings is 1. The van der Waals surface area contributed by atoms with Gasteiger partial charge in [0.2, 0.25) is 11.8 Å². The van der Waals surface area contributed by atoms with Crippen LogP contribution in [0.1, 0.15) is 16.0 Å². The summed E-state index contributed by atoms with van der Waals surface area (Å²) < 4.78 is 0. The Morgan fingerprint density at radius 3 is 2.50 bits per heavy atom. The van der Waals surface area contributed by atoms with E-state index in [1.807, 2.05) is 47.8 Å². The molecule has 9 nitrogen and oxygen atoms in total. The van der Waals surface area contributed by atoms with Crippen molar-refractivity contribution in [1.82, 2.24) is 25.1 Å². The van der Waals surface area contributed by atoms with E-state index in [0.717, 1.165) is 11.1 Å². The van der Waals surface area contributed by atoms with E-state index in [1.54, 1.807) is 62.5 Å². The molecule has 2 atom stereocenters. The summed E-state index contributed by atoms with van der Waals surface area (Å²) in [5, 5.41) is 17.9. The predicted molar refractivity (Wildman–Crippen MR) is 144 cm³/mol. The number of carbonyl (C=O) groups excluding carboxylic acids is 3. The molecule has 0 spiro atoms. The van der Waals surface area contributed by atoms with Crippen LogP contribution in [0.5, 0.6) is 5.75 Å². The van der Waals surface area contributed by atoms with Crippen LogP contribution in [0.3, 0.4) is 0 Å². The molecule has 0 aliphatic carbocycles. The smallest absolute Gasteiger partial charge is 0.334 e. The first-order valence-electron chi connectivity index (χ1n) is 12.6. The van der Waals surface area contributed by atoms with Crippen molar-refractivity contribution in [1.29, 1.82) is 0 Å². The van der Waals surface area contributed by atoms with E-state index in [1.165, 1.54) is 4.88 Å². The maximum absolute atomic E-state index is 13.8. The molecule has 3 aromatic rings. The average molecular weight is 534 g/mol. The molecule has 10 heteroatoms. The minimum atomic E-state index is -0.757. The molecule has 198 valence electrons. The van der Waals surface area contributed by atoms with Crippen LogP contribution in [0, 0.1) is 0 Å². The Kier molecular flexibility index (Phi) is 7.62. The van der Waals surface area contributed by atoms with E-state index >= 15 is 0 Å². The van der Waals surface area contributed by atoms with Crippen molar-refractivity contribution < 1.29 is 19.5 Å². The number of aromatic hydroxyl groups is 1. The Hall–Kier alpha value is -3.89. The SMILES string of the molecule is CN1CC(=O)N2[C@@H](Cc3ccc(O)cc3)C(=O)N(CCc3cccs3)C[C@@H]2N1C(=O)NCc1ccccc1. The molecule has 2 aliphatic heterocycles. The van der Waals surface area contributed by atoms with Crippen molar-refractivity contribution in [3.8, 4) is 5.75 Å². The highest BCUT2D eigenvalue weighted by Gasteiger charge is 2.50. The topological polar surface area (TPSA) is 96.4 Å². The number of hydrazine groups is 1. The van der Waals surface area contributed by atoms with Crippen LogP contribution in [-0.2, 0) is 29.0 Å². The monoisotopic (exact) mass is 533 g/mol. The van der Waals surface area contributed by atoms with Crippen LogP contribution >= 0.6 is 11.3 Å². The Morgan fingerprint density at radius 2 is 1.79 bits per heavy atom. The van der Waals surface area contributed by atoms with Gasteiger partial charge in [0, 0.05) is 31.4 Å². The minimum absolute atomic E-state index is 0.0101. The van der Waals surface area contributed by atoms with Gasteiger partial charge >= 0.3 is 6.03 Å². The summed E-state index contributed by atoms with van der Waals surface area (Å²) in [4.78, 5) is 45.1. The second-order valence-electron chi connectivity index (χ2n) is 9.59. The molecule has 2 saturated heterocycles. The Morgan fingerprint density at radius 1 is 1.03 bits per heavy atom. The number of thiophene rings is 1. The summed E-state index contributed by atoms with van der Waals surface area (Å²) in [5.41, 5.74) is 1.79. The third kappa shape index (κ3) is 5.51. The molecule has 0 unspecified atom stereocenters. The fourth-order valence-corrected chi connectivity index (χ4v) is 5.81. The number of urea groups is 1. The minimum Gasteiger partial charge on any atom is -0.508 e. The lowest BCUT2D eigenvalue weighted by Crippen LogP contribution is -2.76. The van der Waals surface area contributed by atoms with Gasteiger partial charge in [-0.2, -0.15) is 0 Å². The zero-order valence-electron chi connectivity index (χ0n) is 21.2. The lowest BCUT2D eigenvalue weighted by atomic mass is 9.98. The van der Waals surface area contributed by atoms with E-state index in [2.05, 4.69) is 5.32 Å². The number of likely N-dealkylation sites (N-methyl/N-ethyl adjacent to an activating group) is 1. The summed E-state index contributed by atoms with van der Waals surface area (Å²) in [6.07, 6.45) is 0.353. The molecule has 2 aliphatic rings. The number of nitrogens with one attached hydrogen (secondary N) is 1. The number of amides is 4. The third-order valence-electron chi connectivity index (χ3n) is 7.01. The normalized spacial score (nSPS) is 20.0. The largest absolute Gasteiger partial charge is 0.508 e. The highest BCUT2D eigenvalue weighted by atomic mass is 32.1. The van der Waals surface area contributed by atoms with Crippen LogP contribution in [0.2, 0.25) is 0 Å². The average Bonchev–Trinajstić information content (AvgIpc) is 3.43. The van der Waals surface area contributed by atoms with Crippen molar-refractivity contribution in [2.75, 3.05) is 26.7 Å². The van der Waals surface area contributed by atoms with E-state index < -0.39 is 12.2 Å². The third-order valence-corrected chi connectivity index (χ3v) is 7.94. The van der Waals surface area contributed by atoms with Gasteiger partial charge in [-0.05, 0) is 41.1 Å². The maximum atomic E-state index is 13.8. The number of carbonyl (C=O) groups is 3. The molecule has 5 rings (SSSR count). The van der Waals surface area contributed by atoms with E-state index in [4.69, 9.17) is 0 Å². The second-order valence-corrected chi connectivity index (χ2v) is 10.6. The first-order valence-corrected chi connectivity index (χ1v) is 13.5. The molecule has 1 aromatic heterocycles. The van der Waals surface area contributed by atoms with Gasteiger partial charge in [0.25, 0.3) is 0 Å². The van der Waals surface area contributed by atoms with Crippen molar-refractivity contribution in [3.05, 3.63) is 88.1 Å². The molecule has 0 bridgehead atoms. The Bertz CT molecular complexity index is 1270. The predicted octanol–water partition coefficient (Wildman–Crippen LogP) is 2.68. The maximum Gasteiger partial charge on any atom is 0.334 e. The standard InChI is InChI=1S/C28H31N5O4S/c1-30-19-26(35)32-24(16-20-9-11-22(34)12-10-20)27(36)31(14-13-23-8-5-15-38-23)18-25(32)33(30)28(37)29-17-21-6-3-2-4-7-21/h2-12,15,24-25,34H,13-14,16-19H2,1H3,(H,29,37)/t24-,25-/m0/s1. The van der Waals surface area contributed by atoms with Crippen molar-refractivity contribution in [2.45, 2.75) is 31.6 Å². The van der Waals surface area contributed by atoms with Gasteiger partial charge < -0.3 is 20.2 Å². The summed E-state index contributed by atoms with van der Waals surface area (Å²) >= 11 is 1.64. The van der Waals surface area contributed by atoms with Gasteiger partial charge in [0.15, 0.2) is 0 Å². The number of phenolic OH excluding ortho intramolecular Hbond substituents is 1. The van der Waals surface area contributed by atoms with Crippen LogP contribution in [0.4, 0.5) is 4.79 Å². The quantitative estimate of drug-likeness (QED) is 0.487. The molecule has 2 N–H and O–H groups in total. The number of hydrogen-bond donors (Lipinski definition) is 2. The van der Waals surface area contributed by atoms with Gasteiger partial charge in [0.1, 0.15) is 18.0 Å². The highest BCUT2D eigenvalue weighted by molar-refractivity contribution is 7.09. The van der Waals surface area contributed by atoms with Crippen LogP contribution in [0.25, 0.3) is 0 Å². The number of hydrogen-bond acceptors (Lipinski definition) is 6. The first kappa shape index (κ1) is 25.7. The van der Waals surface area contributed by atoms with E-state index in [9.17, 15) is 19.5 Å². The summed E-state index contributed by atoms with van der Waals surface area (Å²) in [6.45, 7) is 1.06. The van der Waals surface area contributed by atoms with Crippen molar-refractivity contribution in [3.63, 3.8) is 0 Å². The number of rotatable bonds is 7. The zero-order valence-corrected chi connectivity index (χ0v) is 22.0. The number of nitrogens with zero attached hydrogens (tertiary/aromatic N) is 4. The fourth-order valence-electron chi connectivity index (χ4n) is 5.12. The molecule has 38 heavy (non-hydrogen) atoms. The number of fused-ring (bicyclic) bond motifs is 1. The Labute approximate surface area is 225 Å². The van der Waals surface area contributed by atoms with Crippen molar-refractivity contribution >= 4 is 29.2 Å². The van der Waals surface area contributed by atoms with Gasteiger partial charge in [-0.15, -0.1) is 11.3 Å². The first-order chi connectivity index (χ1) is 18.4. The lowest BCUT2D eigenvalue weighted by molar-refractivity contribution is -0.186. The van der Waals surface area contributed by atoms with Gasteiger partial charge in [0.05, 0.1) is 13.1 Å². The molecular weight excluding hydrogens is 502 g/mol. The van der Waals surface area contributed by atoms with Gasteiger partial charge in [-0.3, -0.25) is 9.59 Å². The molecule has 2 fully saturated rings. The molecular formula is C28H31N5O4S. The second kappa shape index (κ2) is 11.2. The summed E-state index contributed by atoms with van der Waals surface area (Å²) in [6, 6.07) is 19.2. The fraction of sp³-hybridized carbons (Fsp3) is 0.321. The number of phenols is 1. The summed E-state index contributed by atoms with van der Waals surface area (Å²) in [5.74, 6) is -0.191. The van der Waals surface area contributed by atoms with Gasteiger partial charge in [-0.1, -0.05) is 48.5 Å². The van der Waals surface area contributed by atoms with Crippen molar-refractivity contribution in [2.24, 2.45) is 0 Å². The van der Waals surface area contributed by atoms with E-state index in [0.29, 0.717) is 25.9 Å². The molecule has 0 saturated carbocycles. The number of benzene rings is 2. The molecule has 3 heterocycles. The van der Waals surface area contributed by atoms with E-state index in [-0.39, 0.29) is 36.7 Å². The van der Waals surface area contributed by atoms with Crippen LogP contribution in [0.15, 0.2) is 72.1 Å². The lowest BCUT2D eigenvalue weighted by Gasteiger charge is -2.54. The van der Waals surface area contributed by atoms with Crippen LogP contribution in [-0.4, -0.2) is 81.7 Å². The molecule has 4 amide bonds. The Balaban J connectivity index is 1.42. The zero-order chi connectivity index (χ0) is 26.6. The molecule has 0 radical (unpaired) electrons. The van der Waals surface area contributed by atoms with Gasteiger partial charge in [-0.25, -0.2) is 14.8 Å². The summed E-state index contributed by atoms with van der Waals surface area (Å²) in [7, 11) is 1.72.